The normalized spacial score (nSPS) is 16.6. The second-order valence-corrected chi connectivity index (χ2v) is 15.9. The molecule has 0 bridgehead atoms. The smallest absolute Gasteiger partial charge is 0.408 e. The van der Waals surface area contributed by atoms with E-state index in [4.69, 9.17) is 14.2 Å². The van der Waals surface area contributed by atoms with Crippen LogP contribution in [0.1, 0.15) is 92.1 Å². The zero-order valence-electron chi connectivity index (χ0n) is 30.4. The van der Waals surface area contributed by atoms with Crippen molar-refractivity contribution in [1.82, 2.24) is 20.9 Å². The summed E-state index contributed by atoms with van der Waals surface area (Å²) < 4.78 is 16.7. The molecular formula is C36H56Br2N4O8. The third kappa shape index (κ3) is 16.5. The number of carbonyl (C=O) groups excluding carboxylic acids is 5. The van der Waals surface area contributed by atoms with Crippen LogP contribution in [0.4, 0.5) is 4.79 Å². The number of nitrogens with one attached hydrogen (secondary N) is 3. The Labute approximate surface area is 314 Å². The minimum absolute atomic E-state index is 0.115. The number of benzene rings is 1. The Bertz CT molecular complexity index is 1240. The van der Waals surface area contributed by atoms with Gasteiger partial charge in [0.1, 0.15) is 35.4 Å². The van der Waals surface area contributed by atoms with Gasteiger partial charge in [-0.2, -0.15) is 0 Å². The summed E-state index contributed by atoms with van der Waals surface area (Å²) in [6.07, 6.45) is 3.35. The van der Waals surface area contributed by atoms with Gasteiger partial charge >= 0.3 is 12.1 Å². The monoisotopic (exact) mass is 830 g/mol. The standard InChI is InChI=1S/C36H56Br2N4O8/c1-35(2,3)49-33(46)29-17-13-21-42(29)32(45)28(24-25-14-9-7-10-15-25)40-31(44)27(18-22-48-23-20-38)39-30(43)26(16-11-8-12-19-37)41-34(47)50-36(4,5)6/h7,9-10,14-15,26-29H,8,11-13,16-24H2,1-6H3,(H,39,43)(H,40,44)(H,41,47)/t26-,27+,28-,29+/m0/s1. The van der Waals surface area contributed by atoms with E-state index in [-0.39, 0.29) is 19.4 Å². The second-order valence-electron chi connectivity index (χ2n) is 14.4. The lowest BCUT2D eigenvalue weighted by molar-refractivity contribution is -0.163. The average molecular weight is 833 g/mol. The number of alkyl halides is 2. The number of halogens is 2. The van der Waals surface area contributed by atoms with Crippen molar-refractivity contribution in [2.75, 3.05) is 30.4 Å². The van der Waals surface area contributed by atoms with Gasteiger partial charge in [-0.05, 0) is 79.2 Å². The van der Waals surface area contributed by atoms with E-state index in [2.05, 4.69) is 47.8 Å². The fraction of sp³-hybridized carbons (Fsp3) is 0.694. The van der Waals surface area contributed by atoms with Crippen molar-refractivity contribution in [3.05, 3.63) is 35.9 Å². The van der Waals surface area contributed by atoms with Crippen molar-refractivity contribution < 1.29 is 38.2 Å². The molecule has 1 aromatic carbocycles. The molecule has 50 heavy (non-hydrogen) atoms. The van der Waals surface area contributed by atoms with E-state index in [9.17, 15) is 24.0 Å². The van der Waals surface area contributed by atoms with E-state index in [0.29, 0.717) is 44.2 Å². The number of ether oxygens (including phenoxy) is 3. The second kappa shape index (κ2) is 21.6. The summed E-state index contributed by atoms with van der Waals surface area (Å²) in [4.78, 5) is 69.2. The summed E-state index contributed by atoms with van der Waals surface area (Å²) in [5, 5.41) is 9.78. The molecule has 1 aromatic rings. The van der Waals surface area contributed by atoms with Crippen molar-refractivity contribution in [3.8, 4) is 0 Å². The van der Waals surface area contributed by atoms with Gasteiger partial charge < -0.3 is 35.1 Å². The van der Waals surface area contributed by atoms with E-state index in [0.717, 1.165) is 23.7 Å². The number of rotatable bonds is 19. The molecule has 12 nitrogen and oxygen atoms in total. The van der Waals surface area contributed by atoms with Crippen LogP contribution in [0.2, 0.25) is 0 Å². The van der Waals surface area contributed by atoms with E-state index in [1.54, 1.807) is 41.5 Å². The molecule has 1 saturated heterocycles. The molecule has 0 spiro atoms. The van der Waals surface area contributed by atoms with Crippen LogP contribution in [0, 0.1) is 0 Å². The summed E-state index contributed by atoms with van der Waals surface area (Å²) in [6, 6.07) is 5.42. The number of esters is 1. The first-order valence-corrected chi connectivity index (χ1v) is 19.7. The van der Waals surface area contributed by atoms with Crippen LogP contribution in [0.25, 0.3) is 0 Å². The highest BCUT2D eigenvalue weighted by molar-refractivity contribution is 9.09. The highest BCUT2D eigenvalue weighted by Gasteiger charge is 2.40. The maximum atomic E-state index is 14.1. The molecule has 2 rings (SSSR count). The van der Waals surface area contributed by atoms with E-state index in [1.807, 2.05) is 30.3 Å². The van der Waals surface area contributed by atoms with Crippen molar-refractivity contribution in [1.29, 1.82) is 0 Å². The van der Waals surface area contributed by atoms with Crippen LogP contribution in [0.15, 0.2) is 30.3 Å². The van der Waals surface area contributed by atoms with Gasteiger partial charge in [0.05, 0.1) is 6.61 Å². The van der Waals surface area contributed by atoms with Gasteiger partial charge in [0.25, 0.3) is 0 Å². The number of unbranched alkanes of at least 4 members (excludes halogenated alkanes) is 2. The Hall–Kier alpha value is -2.71. The van der Waals surface area contributed by atoms with Gasteiger partial charge in [-0.1, -0.05) is 75.0 Å². The van der Waals surface area contributed by atoms with Crippen LogP contribution < -0.4 is 16.0 Å². The minimum atomic E-state index is -1.09. The summed E-state index contributed by atoms with van der Waals surface area (Å²) in [6.45, 7) is 11.4. The summed E-state index contributed by atoms with van der Waals surface area (Å²) >= 11 is 6.74. The molecular weight excluding hydrogens is 776 g/mol. The lowest BCUT2D eigenvalue weighted by Gasteiger charge is -2.31. The van der Waals surface area contributed by atoms with Crippen molar-refractivity contribution >= 4 is 61.6 Å². The van der Waals surface area contributed by atoms with Crippen molar-refractivity contribution in [2.45, 2.75) is 128 Å². The fourth-order valence-electron chi connectivity index (χ4n) is 5.40. The van der Waals surface area contributed by atoms with Crippen LogP contribution in [0.3, 0.4) is 0 Å². The number of alkyl carbamates (subject to hydrolysis) is 1. The van der Waals surface area contributed by atoms with Gasteiger partial charge in [-0.25, -0.2) is 9.59 Å². The van der Waals surface area contributed by atoms with Gasteiger partial charge in [0, 0.05) is 30.2 Å². The Morgan fingerprint density at radius 1 is 0.780 bits per heavy atom. The number of hydrogen-bond acceptors (Lipinski definition) is 8. The first kappa shape index (κ1) is 43.5. The largest absolute Gasteiger partial charge is 0.458 e. The predicted octanol–water partition coefficient (Wildman–Crippen LogP) is 5.18. The minimum Gasteiger partial charge on any atom is -0.458 e. The fourth-order valence-corrected chi connectivity index (χ4v) is 6.03. The maximum Gasteiger partial charge on any atom is 0.408 e. The van der Waals surface area contributed by atoms with E-state index in [1.165, 1.54) is 4.90 Å². The van der Waals surface area contributed by atoms with Crippen LogP contribution in [0.5, 0.6) is 0 Å². The Kier molecular flexibility index (Phi) is 18.8. The highest BCUT2D eigenvalue weighted by atomic mass is 79.9. The first-order chi connectivity index (χ1) is 23.5. The molecule has 0 unspecified atom stereocenters. The predicted molar refractivity (Wildman–Crippen MR) is 199 cm³/mol. The molecule has 4 atom stereocenters. The SMILES string of the molecule is CC(C)(C)OC(=O)N[C@@H](CCCCCBr)C(=O)N[C@H](CCOCCBr)C(=O)N[C@@H](Cc1ccccc1)C(=O)N1CCC[C@@H]1C(=O)OC(C)(C)C. The number of hydrogen-bond donors (Lipinski definition) is 3. The molecule has 0 aromatic heterocycles. The van der Waals surface area contributed by atoms with Crippen LogP contribution >= 0.6 is 31.9 Å². The molecule has 1 aliphatic heterocycles. The van der Waals surface area contributed by atoms with E-state index >= 15 is 0 Å². The highest BCUT2D eigenvalue weighted by Crippen LogP contribution is 2.23. The quantitative estimate of drug-likeness (QED) is 0.0981. The molecule has 0 aliphatic carbocycles. The van der Waals surface area contributed by atoms with Crippen molar-refractivity contribution in [3.63, 3.8) is 0 Å². The molecule has 1 fully saturated rings. The Morgan fingerprint density at radius 3 is 2.00 bits per heavy atom. The molecule has 3 N–H and O–H groups in total. The number of likely N-dealkylation sites (tertiary alicyclic amines) is 1. The van der Waals surface area contributed by atoms with Crippen LogP contribution in [-0.2, 0) is 39.8 Å². The van der Waals surface area contributed by atoms with Gasteiger partial charge in [-0.3, -0.25) is 14.4 Å². The summed E-state index contributed by atoms with van der Waals surface area (Å²) in [7, 11) is 0. The number of nitrogens with zero attached hydrogens (tertiary/aromatic N) is 1. The van der Waals surface area contributed by atoms with Crippen molar-refractivity contribution in [2.24, 2.45) is 0 Å². The Balaban J connectivity index is 2.34. The average Bonchev–Trinajstić information content (AvgIpc) is 3.52. The zero-order valence-corrected chi connectivity index (χ0v) is 33.5. The number of carbonyl (C=O) groups is 5. The third-order valence-electron chi connectivity index (χ3n) is 7.65. The molecule has 1 heterocycles. The lowest BCUT2D eigenvalue weighted by Crippen LogP contribution is -2.58. The molecule has 0 radical (unpaired) electrons. The first-order valence-electron chi connectivity index (χ1n) is 17.4. The van der Waals surface area contributed by atoms with Gasteiger partial charge in [0.15, 0.2) is 0 Å². The molecule has 14 heteroatoms. The summed E-state index contributed by atoms with van der Waals surface area (Å²) in [5.41, 5.74) is -0.683. The molecule has 1 aliphatic rings. The lowest BCUT2D eigenvalue weighted by atomic mass is 10.0. The third-order valence-corrected chi connectivity index (χ3v) is 8.54. The topological polar surface area (TPSA) is 152 Å². The van der Waals surface area contributed by atoms with E-state index < -0.39 is 65.2 Å². The molecule has 4 amide bonds. The number of amides is 4. The van der Waals surface area contributed by atoms with Crippen LogP contribution in [-0.4, -0.2) is 100 Å². The van der Waals surface area contributed by atoms with Gasteiger partial charge in [-0.15, -0.1) is 0 Å². The zero-order chi connectivity index (χ0) is 37.3. The maximum absolute atomic E-state index is 14.1. The summed E-state index contributed by atoms with van der Waals surface area (Å²) in [5.74, 6) is -2.03. The molecule has 0 saturated carbocycles. The molecule has 282 valence electrons. The Morgan fingerprint density at radius 2 is 1.40 bits per heavy atom. The van der Waals surface area contributed by atoms with Gasteiger partial charge in [0.2, 0.25) is 17.7 Å².